The molecule has 2 aromatic heterocycles. The summed E-state index contributed by atoms with van der Waals surface area (Å²) in [6.07, 6.45) is 2.75. The van der Waals surface area contributed by atoms with Crippen LogP contribution in [0.4, 0.5) is 0 Å². The van der Waals surface area contributed by atoms with E-state index < -0.39 is 5.97 Å². The van der Waals surface area contributed by atoms with Crippen molar-refractivity contribution < 1.29 is 23.9 Å². The third-order valence-corrected chi connectivity index (χ3v) is 5.84. The molecule has 4 heterocycles. The second-order valence-electron chi connectivity index (χ2n) is 8.20. The van der Waals surface area contributed by atoms with Crippen LogP contribution in [0.1, 0.15) is 51.5 Å². The van der Waals surface area contributed by atoms with E-state index in [1.807, 2.05) is 30.3 Å². The number of pyridine rings is 1. The molecule has 0 radical (unpaired) electrons. The number of hydrogen-bond donors (Lipinski definition) is 1. The molecule has 5 rings (SSSR count). The molecule has 2 aliphatic rings. The van der Waals surface area contributed by atoms with Gasteiger partial charge in [-0.2, -0.15) is 10.2 Å². The SMILES string of the molecule is COCc1cc(C2=NN=C3CC2CCN=C(OCc2ccc(C(=O)O)cn2)c2ccccc23)no1. The number of rotatable bonds is 6. The van der Waals surface area contributed by atoms with Gasteiger partial charge in [-0.05, 0) is 24.6 Å². The van der Waals surface area contributed by atoms with Gasteiger partial charge in [0, 0.05) is 49.4 Å². The first-order valence-corrected chi connectivity index (χ1v) is 11.2. The average molecular weight is 473 g/mol. The maximum atomic E-state index is 11.1. The van der Waals surface area contributed by atoms with Gasteiger partial charge >= 0.3 is 5.97 Å². The van der Waals surface area contributed by atoms with Crippen molar-refractivity contribution in [2.24, 2.45) is 21.1 Å². The summed E-state index contributed by atoms with van der Waals surface area (Å²) in [6, 6.07) is 12.8. The fourth-order valence-electron chi connectivity index (χ4n) is 4.10. The lowest BCUT2D eigenvalue weighted by molar-refractivity contribution is 0.0696. The van der Waals surface area contributed by atoms with Crippen molar-refractivity contribution in [1.82, 2.24) is 10.1 Å². The van der Waals surface area contributed by atoms with E-state index in [9.17, 15) is 4.79 Å². The Morgan fingerprint density at radius 1 is 1.14 bits per heavy atom. The molecule has 0 saturated heterocycles. The van der Waals surface area contributed by atoms with Gasteiger partial charge in [-0.3, -0.25) is 9.98 Å². The summed E-state index contributed by atoms with van der Waals surface area (Å²) in [5, 5.41) is 22.3. The fourth-order valence-corrected chi connectivity index (χ4v) is 4.10. The normalized spacial score (nSPS) is 17.2. The lowest BCUT2D eigenvalue weighted by atomic mass is 9.87. The Morgan fingerprint density at radius 2 is 2.00 bits per heavy atom. The van der Waals surface area contributed by atoms with Crippen molar-refractivity contribution in [2.45, 2.75) is 26.1 Å². The van der Waals surface area contributed by atoms with E-state index in [2.05, 4.69) is 20.3 Å². The number of aromatic carboxylic acids is 1. The Labute approximate surface area is 201 Å². The second kappa shape index (κ2) is 9.98. The number of carboxylic acids is 1. The minimum Gasteiger partial charge on any atom is -0.478 e. The Hall–Kier alpha value is -4.18. The summed E-state index contributed by atoms with van der Waals surface area (Å²) < 4.78 is 16.6. The van der Waals surface area contributed by atoms with Crippen LogP contribution in [-0.2, 0) is 22.7 Å². The summed E-state index contributed by atoms with van der Waals surface area (Å²) in [5.74, 6) is 0.176. The Balaban J connectivity index is 1.41. The number of carboxylic acid groups (broad SMARTS) is 1. The van der Waals surface area contributed by atoms with E-state index >= 15 is 0 Å². The first-order chi connectivity index (χ1) is 17.1. The predicted octanol–water partition coefficient (Wildman–Crippen LogP) is 3.49. The van der Waals surface area contributed by atoms with Gasteiger partial charge in [0.25, 0.3) is 0 Å². The lowest BCUT2D eigenvalue weighted by Crippen LogP contribution is -2.24. The molecule has 1 N–H and O–H groups in total. The molecular weight excluding hydrogens is 450 g/mol. The highest BCUT2D eigenvalue weighted by Crippen LogP contribution is 2.28. The molecule has 10 heteroatoms. The standard InChI is InChI=1S/C25H23N5O5/c1-33-14-18-11-22(30-35-18)23-15-8-9-26-24(34-13-17-7-6-16(12-27-17)25(31)32)20-5-3-2-4-19(20)21(10-15)28-29-23/h2-7,11-12,15H,8-10,13-14H2,1H3,(H,31,32). The number of aliphatic imine (C=N–C) groups is 1. The molecule has 3 aromatic rings. The molecule has 0 amide bonds. The number of ether oxygens (including phenoxy) is 2. The maximum Gasteiger partial charge on any atom is 0.337 e. The highest BCUT2D eigenvalue weighted by Gasteiger charge is 2.29. The quantitative estimate of drug-likeness (QED) is 0.579. The molecular formula is C25H23N5O5. The molecule has 0 aliphatic carbocycles. The van der Waals surface area contributed by atoms with Crippen LogP contribution >= 0.6 is 0 Å². The van der Waals surface area contributed by atoms with E-state index in [1.165, 1.54) is 12.3 Å². The van der Waals surface area contributed by atoms with Gasteiger partial charge in [-0.1, -0.05) is 23.4 Å². The molecule has 10 nitrogen and oxygen atoms in total. The number of carbonyl (C=O) groups is 1. The summed E-state index contributed by atoms with van der Waals surface area (Å²) >= 11 is 0. The molecule has 1 atom stereocenters. The van der Waals surface area contributed by atoms with Crippen molar-refractivity contribution in [3.63, 3.8) is 0 Å². The first kappa shape index (κ1) is 22.6. The summed E-state index contributed by atoms with van der Waals surface area (Å²) in [7, 11) is 1.60. The predicted molar refractivity (Wildman–Crippen MR) is 127 cm³/mol. The average Bonchev–Trinajstić information content (AvgIpc) is 3.36. The van der Waals surface area contributed by atoms with Gasteiger partial charge in [0.2, 0.25) is 5.90 Å². The van der Waals surface area contributed by atoms with Gasteiger partial charge in [0.1, 0.15) is 18.9 Å². The molecule has 1 unspecified atom stereocenters. The highest BCUT2D eigenvalue weighted by molar-refractivity contribution is 6.14. The molecule has 2 aliphatic heterocycles. The molecule has 1 aromatic carbocycles. The molecule has 2 bridgehead atoms. The molecule has 178 valence electrons. The second-order valence-corrected chi connectivity index (χ2v) is 8.20. The van der Waals surface area contributed by atoms with Crippen LogP contribution in [-0.4, -0.2) is 52.2 Å². The number of fused-ring (bicyclic) bond motifs is 4. The smallest absolute Gasteiger partial charge is 0.337 e. The monoisotopic (exact) mass is 473 g/mol. The van der Waals surface area contributed by atoms with Crippen LogP contribution in [0.25, 0.3) is 0 Å². The lowest BCUT2D eigenvalue weighted by Gasteiger charge is -2.21. The Kier molecular flexibility index (Phi) is 6.44. The fraction of sp³-hybridized carbons (Fsp3) is 0.280. The van der Waals surface area contributed by atoms with Crippen molar-refractivity contribution >= 4 is 23.3 Å². The van der Waals surface area contributed by atoms with Gasteiger partial charge in [0.05, 0.1) is 22.7 Å². The van der Waals surface area contributed by atoms with Crippen LogP contribution in [0.5, 0.6) is 0 Å². The van der Waals surface area contributed by atoms with Crippen LogP contribution in [0.3, 0.4) is 0 Å². The largest absolute Gasteiger partial charge is 0.478 e. The van der Waals surface area contributed by atoms with E-state index in [0.29, 0.717) is 42.6 Å². The van der Waals surface area contributed by atoms with Crippen LogP contribution in [0.15, 0.2) is 68.4 Å². The van der Waals surface area contributed by atoms with E-state index in [-0.39, 0.29) is 18.1 Å². The van der Waals surface area contributed by atoms with Crippen molar-refractivity contribution in [1.29, 1.82) is 0 Å². The first-order valence-electron chi connectivity index (χ1n) is 11.2. The zero-order valence-corrected chi connectivity index (χ0v) is 19.0. The molecule has 0 saturated carbocycles. The molecule has 35 heavy (non-hydrogen) atoms. The number of methoxy groups -OCH3 is 1. The highest BCUT2D eigenvalue weighted by atomic mass is 16.5. The number of benzene rings is 1. The van der Waals surface area contributed by atoms with Gasteiger partial charge in [-0.15, -0.1) is 0 Å². The van der Waals surface area contributed by atoms with E-state index in [0.717, 1.165) is 29.0 Å². The van der Waals surface area contributed by atoms with Gasteiger partial charge < -0.3 is 19.1 Å². The summed E-state index contributed by atoms with van der Waals surface area (Å²) in [6.45, 7) is 1.02. The number of aromatic nitrogens is 2. The van der Waals surface area contributed by atoms with Crippen LogP contribution in [0, 0.1) is 5.92 Å². The van der Waals surface area contributed by atoms with E-state index in [4.69, 9.17) is 24.1 Å². The summed E-state index contributed by atoms with van der Waals surface area (Å²) in [5.41, 5.74) is 4.77. The van der Waals surface area contributed by atoms with Crippen molar-refractivity contribution in [3.05, 3.63) is 82.5 Å². The van der Waals surface area contributed by atoms with Crippen LogP contribution in [0.2, 0.25) is 0 Å². The molecule has 0 spiro atoms. The zero-order valence-electron chi connectivity index (χ0n) is 19.0. The zero-order chi connectivity index (χ0) is 24.2. The third-order valence-electron chi connectivity index (χ3n) is 5.84. The van der Waals surface area contributed by atoms with Crippen molar-refractivity contribution in [2.75, 3.05) is 13.7 Å². The minimum atomic E-state index is -1.02. The van der Waals surface area contributed by atoms with Crippen molar-refractivity contribution in [3.8, 4) is 0 Å². The van der Waals surface area contributed by atoms with E-state index in [1.54, 1.807) is 13.2 Å². The van der Waals surface area contributed by atoms with Gasteiger partial charge in [-0.25, -0.2) is 4.79 Å². The van der Waals surface area contributed by atoms with Gasteiger partial charge in [0.15, 0.2) is 5.76 Å². The Morgan fingerprint density at radius 3 is 2.77 bits per heavy atom. The number of nitrogens with zero attached hydrogens (tertiary/aromatic N) is 5. The Bertz CT molecular complexity index is 1330. The maximum absolute atomic E-state index is 11.1. The molecule has 0 fully saturated rings. The summed E-state index contributed by atoms with van der Waals surface area (Å²) in [4.78, 5) is 20.0. The van der Waals surface area contributed by atoms with Crippen LogP contribution < -0.4 is 0 Å². The third kappa shape index (κ3) is 4.87. The number of hydrogen-bond acceptors (Lipinski definition) is 9. The topological polar surface area (TPSA) is 132 Å². The minimum absolute atomic E-state index is 0.0735.